The van der Waals surface area contributed by atoms with Crippen molar-refractivity contribution in [3.05, 3.63) is 40.8 Å². The summed E-state index contributed by atoms with van der Waals surface area (Å²) in [6.45, 7) is 0. The number of nitrogens with two attached hydrogens (primary N) is 1. The molecule has 0 saturated carbocycles. The lowest BCUT2D eigenvalue weighted by Crippen LogP contribution is -2.02. The smallest absolute Gasteiger partial charge is 0.337 e. The van der Waals surface area contributed by atoms with Gasteiger partial charge >= 0.3 is 5.97 Å². The van der Waals surface area contributed by atoms with Crippen LogP contribution in [-0.2, 0) is 10.5 Å². The van der Waals surface area contributed by atoms with Crippen LogP contribution >= 0.6 is 23.4 Å². The van der Waals surface area contributed by atoms with Crippen LogP contribution in [-0.4, -0.2) is 28.0 Å². The number of hydrogen-bond acceptors (Lipinski definition) is 7. The number of methoxy groups -OCH3 is 1. The van der Waals surface area contributed by atoms with Crippen molar-refractivity contribution in [2.75, 3.05) is 12.8 Å². The lowest BCUT2D eigenvalue weighted by Gasteiger charge is -2.03. The number of halogens is 1. The molecule has 2 heterocycles. The minimum absolute atomic E-state index is 0.288. The van der Waals surface area contributed by atoms with Crippen LogP contribution in [0.1, 0.15) is 16.1 Å². The Morgan fingerprint density at radius 3 is 2.95 bits per heavy atom. The van der Waals surface area contributed by atoms with Gasteiger partial charge in [0.1, 0.15) is 11.0 Å². The summed E-state index contributed by atoms with van der Waals surface area (Å²) in [5, 5.41) is 0.747. The second-order valence-electron chi connectivity index (χ2n) is 3.71. The molecule has 2 aromatic heterocycles. The zero-order valence-corrected chi connectivity index (χ0v) is 12.1. The zero-order chi connectivity index (χ0) is 14.5. The number of nitrogen functional groups attached to an aromatic ring is 1. The number of carbonyl (C=O) groups excluding carboxylic acids is 1. The Labute approximate surface area is 124 Å². The Morgan fingerprint density at radius 1 is 1.45 bits per heavy atom. The van der Waals surface area contributed by atoms with Crippen LogP contribution in [0.4, 0.5) is 5.82 Å². The SMILES string of the molecule is COC(=O)c1ccnc(CSc2nc(N)cc(Cl)n2)c1. The molecular formula is C12H11ClN4O2S. The molecule has 0 amide bonds. The fourth-order valence-electron chi connectivity index (χ4n) is 1.42. The van der Waals surface area contributed by atoms with Gasteiger partial charge in [-0.2, -0.15) is 0 Å². The third-order valence-corrected chi connectivity index (χ3v) is 3.36. The van der Waals surface area contributed by atoms with E-state index in [1.807, 2.05) is 0 Å². The van der Waals surface area contributed by atoms with Gasteiger partial charge in [-0.3, -0.25) is 4.98 Å². The highest BCUT2D eigenvalue weighted by molar-refractivity contribution is 7.98. The molecule has 0 aliphatic rings. The molecule has 0 bridgehead atoms. The number of ether oxygens (including phenoxy) is 1. The Hall–Kier alpha value is -1.86. The zero-order valence-electron chi connectivity index (χ0n) is 10.5. The molecule has 8 heteroatoms. The first-order chi connectivity index (χ1) is 9.58. The lowest BCUT2D eigenvalue weighted by molar-refractivity contribution is 0.0600. The predicted molar refractivity (Wildman–Crippen MR) is 76.6 cm³/mol. The molecule has 0 unspecified atom stereocenters. The highest BCUT2D eigenvalue weighted by Crippen LogP contribution is 2.21. The second-order valence-corrected chi connectivity index (χ2v) is 5.04. The van der Waals surface area contributed by atoms with Crippen molar-refractivity contribution in [3.63, 3.8) is 0 Å². The van der Waals surface area contributed by atoms with Crippen LogP contribution in [0.15, 0.2) is 29.6 Å². The van der Waals surface area contributed by atoms with Gasteiger partial charge in [-0.25, -0.2) is 14.8 Å². The number of hydrogen-bond donors (Lipinski definition) is 1. The molecule has 0 fully saturated rings. The maximum atomic E-state index is 11.4. The van der Waals surface area contributed by atoms with Crippen LogP contribution in [0.25, 0.3) is 0 Å². The van der Waals surface area contributed by atoms with Crippen LogP contribution in [0.5, 0.6) is 0 Å². The van der Waals surface area contributed by atoms with Gasteiger partial charge in [-0.05, 0) is 12.1 Å². The first-order valence-electron chi connectivity index (χ1n) is 5.54. The Morgan fingerprint density at radius 2 is 2.25 bits per heavy atom. The second kappa shape index (κ2) is 6.53. The molecule has 0 radical (unpaired) electrons. The van der Waals surface area contributed by atoms with E-state index in [0.717, 1.165) is 0 Å². The average Bonchev–Trinajstić information content (AvgIpc) is 2.43. The molecule has 2 N–H and O–H groups in total. The molecule has 104 valence electrons. The molecule has 0 saturated heterocycles. The predicted octanol–water partition coefficient (Wildman–Crippen LogP) is 2.19. The number of anilines is 1. The van der Waals surface area contributed by atoms with Crippen LogP contribution in [0.2, 0.25) is 5.15 Å². The highest BCUT2D eigenvalue weighted by atomic mass is 35.5. The van der Waals surface area contributed by atoms with E-state index in [2.05, 4.69) is 19.7 Å². The standard InChI is InChI=1S/C12H11ClN4O2S/c1-19-11(18)7-2-3-15-8(4-7)6-20-12-16-9(13)5-10(14)17-12/h2-5H,6H2,1H3,(H2,14,16,17). The van der Waals surface area contributed by atoms with Gasteiger partial charge in [-0.15, -0.1) is 0 Å². The van der Waals surface area contributed by atoms with Gasteiger partial charge in [0.25, 0.3) is 0 Å². The highest BCUT2D eigenvalue weighted by Gasteiger charge is 2.08. The summed E-state index contributed by atoms with van der Waals surface area (Å²) in [7, 11) is 1.33. The lowest BCUT2D eigenvalue weighted by atomic mass is 10.2. The summed E-state index contributed by atoms with van der Waals surface area (Å²) in [4.78, 5) is 23.7. The molecule has 20 heavy (non-hydrogen) atoms. The topological polar surface area (TPSA) is 91.0 Å². The normalized spacial score (nSPS) is 10.3. The third kappa shape index (κ3) is 3.82. The first-order valence-corrected chi connectivity index (χ1v) is 6.91. The van der Waals surface area contributed by atoms with Crippen LogP contribution in [0, 0.1) is 0 Å². The third-order valence-electron chi connectivity index (χ3n) is 2.28. The molecule has 6 nitrogen and oxygen atoms in total. The van der Waals surface area contributed by atoms with E-state index in [9.17, 15) is 4.79 Å². The van der Waals surface area contributed by atoms with Crippen molar-refractivity contribution in [2.45, 2.75) is 10.9 Å². The first kappa shape index (κ1) is 14.5. The van der Waals surface area contributed by atoms with Gasteiger partial charge in [-0.1, -0.05) is 23.4 Å². The van der Waals surface area contributed by atoms with Crippen molar-refractivity contribution in [1.82, 2.24) is 15.0 Å². The molecular weight excluding hydrogens is 300 g/mol. The average molecular weight is 311 g/mol. The molecule has 2 rings (SSSR count). The van der Waals surface area contributed by atoms with Gasteiger partial charge in [0.05, 0.1) is 18.4 Å². The van der Waals surface area contributed by atoms with Crippen molar-refractivity contribution >= 4 is 35.1 Å². The molecule has 2 aromatic rings. The van der Waals surface area contributed by atoms with Crippen molar-refractivity contribution < 1.29 is 9.53 Å². The molecule has 0 aliphatic heterocycles. The summed E-state index contributed by atoms with van der Waals surface area (Å²) in [5.74, 6) is 0.399. The van der Waals surface area contributed by atoms with Gasteiger partial charge < -0.3 is 10.5 Å². The maximum Gasteiger partial charge on any atom is 0.337 e. The number of pyridine rings is 1. The van der Waals surface area contributed by atoms with E-state index in [4.69, 9.17) is 17.3 Å². The van der Waals surface area contributed by atoms with Gasteiger partial charge in [0.15, 0.2) is 5.16 Å². The van der Waals surface area contributed by atoms with Crippen molar-refractivity contribution in [1.29, 1.82) is 0 Å². The van der Waals surface area contributed by atoms with Gasteiger partial charge in [0, 0.05) is 18.0 Å². The maximum absolute atomic E-state index is 11.4. The summed E-state index contributed by atoms with van der Waals surface area (Å²) >= 11 is 7.12. The molecule has 0 aromatic carbocycles. The van der Waals surface area contributed by atoms with E-state index in [1.54, 1.807) is 18.3 Å². The number of nitrogens with zero attached hydrogens (tertiary/aromatic N) is 3. The molecule has 0 spiro atoms. The minimum atomic E-state index is -0.401. The van der Waals surface area contributed by atoms with E-state index >= 15 is 0 Å². The van der Waals surface area contributed by atoms with Crippen molar-refractivity contribution in [3.8, 4) is 0 Å². The largest absolute Gasteiger partial charge is 0.465 e. The monoisotopic (exact) mass is 310 g/mol. The van der Waals surface area contributed by atoms with Crippen LogP contribution < -0.4 is 5.73 Å². The number of carbonyl (C=O) groups is 1. The van der Waals surface area contributed by atoms with Crippen LogP contribution in [0.3, 0.4) is 0 Å². The van der Waals surface area contributed by atoms with E-state index in [0.29, 0.717) is 28.0 Å². The number of aromatic nitrogens is 3. The number of thioether (sulfide) groups is 1. The number of esters is 1. The van der Waals surface area contributed by atoms with E-state index < -0.39 is 5.97 Å². The fraction of sp³-hybridized carbons (Fsp3) is 0.167. The fourth-order valence-corrected chi connectivity index (χ4v) is 2.43. The Kier molecular flexibility index (Phi) is 4.75. The van der Waals surface area contributed by atoms with E-state index in [-0.39, 0.29) is 5.15 Å². The summed E-state index contributed by atoms with van der Waals surface area (Å²) < 4.78 is 4.65. The van der Waals surface area contributed by atoms with Gasteiger partial charge in [0.2, 0.25) is 0 Å². The molecule has 0 aliphatic carbocycles. The minimum Gasteiger partial charge on any atom is -0.465 e. The van der Waals surface area contributed by atoms with Crippen molar-refractivity contribution in [2.24, 2.45) is 0 Å². The Balaban J connectivity index is 2.09. The number of rotatable bonds is 4. The molecule has 0 atom stereocenters. The quantitative estimate of drug-likeness (QED) is 0.400. The Bertz CT molecular complexity index is 618. The summed E-state index contributed by atoms with van der Waals surface area (Å²) in [6.07, 6.45) is 1.55. The van der Waals surface area contributed by atoms with E-state index in [1.165, 1.54) is 24.9 Å². The summed E-state index contributed by atoms with van der Waals surface area (Å²) in [6, 6.07) is 4.72. The summed E-state index contributed by atoms with van der Waals surface area (Å²) in [5.41, 5.74) is 6.74.